The summed E-state index contributed by atoms with van der Waals surface area (Å²) in [6.07, 6.45) is 8.44. The molecular weight excluding hydrogens is 434 g/mol. The molecule has 0 aromatic rings. The summed E-state index contributed by atoms with van der Waals surface area (Å²) < 4.78 is 0. The minimum atomic E-state index is -0.746. The third kappa shape index (κ3) is 4.25. The van der Waals surface area contributed by atoms with Crippen LogP contribution in [0.3, 0.4) is 0 Å². The highest BCUT2D eigenvalue weighted by atomic mass is 16.3. The fourth-order valence-corrected chi connectivity index (χ4v) is 10.5. The normalized spacial score (nSPS) is 49.0. The molecule has 204 valence electrons. The molecular formula is C31H57NO3. The maximum atomic E-state index is 11.8. The van der Waals surface area contributed by atoms with E-state index in [-0.39, 0.29) is 51.2 Å². The van der Waals surface area contributed by atoms with Crippen molar-refractivity contribution in [3.8, 4) is 0 Å². The van der Waals surface area contributed by atoms with E-state index in [0.717, 1.165) is 51.5 Å². The van der Waals surface area contributed by atoms with Gasteiger partial charge in [-0.05, 0) is 137 Å². The number of hydrogen-bond donors (Lipinski definition) is 4. The van der Waals surface area contributed by atoms with Crippen LogP contribution in [0, 0.1) is 45.3 Å². The van der Waals surface area contributed by atoms with Crippen LogP contribution in [0.2, 0.25) is 0 Å². The molecule has 0 amide bonds. The van der Waals surface area contributed by atoms with E-state index in [1.165, 1.54) is 12.8 Å². The molecule has 4 aliphatic rings. The minimum absolute atomic E-state index is 0.0435. The zero-order valence-electron chi connectivity index (χ0n) is 24.4. The van der Waals surface area contributed by atoms with Gasteiger partial charge in [0.15, 0.2) is 0 Å². The number of fused-ring (bicyclic) bond motifs is 5. The van der Waals surface area contributed by atoms with E-state index < -0.39 is 5.60 Å². The van der Waals surface area contributed by atoms with Crippen LogP contribution in [0.15, 0.2) is 0 Å². The second-order valence-corrected chi connectivity index (χ2v) is 16.0. The summed E-state index contributed by atoms with van der Waals surface area (Å²) in [5.41, 5.74) is -0.352. The van der Waals surface area contributed by atoms with Crippen molar-refractivity contribution >= 4 is 0 Å². The van der Waals surface area contributed by atoms with Crippen molar-refractivity contribution in [2.24, 2.45) is 45.3 Å². The van der Waals surface area contributed by atoms with Gasteiger partial charge in [-0.3, -0.25) is 0 Å². The van der Waals surface area contributed by atoms with Crippen molar-refractivity contribution in [1.29, 1.82) is 0 Å². The lowest BCUT2D eigenvalue weighted by atomic mass is 9.35. The van der Waals surface area contributed by atoms with Crippen LogP contribution in [0.1, 0.15) is 120 Å². The Balaban J connectivity index is 1.58. The Hall–Kier alpha value is -0.160. The van der Waals surface area contributed by atoms with Crippen LogP contribution in [-0.4, -0.2) is 45.2 Å². The van der Waals surface area contributed by atoms with Gasteiger partial charge in [-0.25, -0.2) is 0 Å². The lowest BCUT2D eigenvalue weighted by molar-refractivity contribution is -0.246. The maximum absolute atomic E-state index is 11.8. The molecule has 4 N–H and O–H groups in total. The van der Waals surface area contributed by atoms with Crippen LogP contribution < -0.4 is 5.32 Å². The average Bonchev–Trinajstić information content (AvgIpc) is 3.11. The third-order valence-corrected chi connectivity index (χ3v) is 12.7. The van der Waals surface area contributed by atoms with Gasteiger partial charge in [0.1, 0.15) is 0 Å². The molecule has 4 fully saturated rings. The van der Waals surface area contributed by atoms with E-state index in [9.17, 15) is 15.3 Å². The first-order chi connectivity index (χ1) is 15.9. The summed E-state index contributed by atoms with van der Waals surface area (Å²) in [7, 11) is 0. The summed E-state index contributed by atoms with van der Waals surface area (Å²) >= 11 is 0. The highest BCUT2D eigenvalue weighted by Gasteiger charge is 2.71. The highest BCUT2D eigenvalue weighted by Crippen LogP contribution is 2.75. The summed E-state index contributed by atoms with van der Waals surface area (Å²) in [6.45, 7) is 21.6. The first kappa shape index (κ1) is 27.9. The average molecular weight is 492 g/mol. The first-order valence-corrected chi connectivity index (χ1v) is 14.7. The second-order valence-electron chi connectivity index (χ2n) is 16.0. The second kappa shape index (κ2) is 8.68. The van der Waals surface area contributed by atoms with E-state index in [0.29, 0.717) is 11.8 Å². The minimum Gasteiger partial charge on any atom is -0.393 e. The quantitative estimate of drug-likeness (QED) is 0.360. The molecule has 0 spiro atoms. The molecule has 10 atom stereocenters. The molecule has 4 rings (SSSR count). The molecule has 0 radical (unpaired) electrons. The van der Waals surface area contributed by atoms with Gasteiger partial charge in [-0.1, -0.05) is 34.6 Å². The molecule has 4 saturated carbocycles. The van der Waals surface area contributed by atoms with Gasteiger partial charge in [0.05, 0.1) is 17.8 Å². The van der Waals surface area contributed by atoms with Crippen LogP contribution in [0.4, 0.5) is 0 Å². The lowest BCUT2D eigenvalue weighted by Crippen LogP contribution is -2.66. The topological polar surface area (TPSA) is 72.7 Å². The van der Waals surface area contributed by atoms with Crippen molar-refractivity contribution in [1.82, 2.24) is 5.32 Å². The van der Waals surface area contributed by atoms with E-state index in [1.54, 1.807) is 0 Å². The van der Waals surface area contributed by atoms with E-state index in [4.69, 9.17) is 0 Å². The molecule has 0 aromatic heterocycles. The van der Waals surface area contributed by atoms with Crippen molar-refractivity contribution in [3.05, 3.63) is 0 Å². The molecule has 4 nitrogen and oxygen atoms in total. The SMILES string of the molecule is CC(C)(C)NCCC[C@](C)(O)[C@H]1CC[C@]2(C)[C@@H]1[C@H](O)C[C@@H]1[C@@]3(C)CC[C@H](O)C(C)(C)[C@@H]3CC[C@]12C. The van der Waals surface area contributed by atoms with E-state index in [2.05, 4.69) is 60.7 Å². The Morgan fingerprint density at radius 1 is 0.829 bits per heavy atom. The van der Waals surface area contributed by atoms with Crippen LogP contribution in [0.5, 0.6) is 0 Å². The molecule has 4 heteroatoms. The fourth-order valence-electron chi connectivity index (χ4n) is 10.5. The number of hydrogen-bond acceptors (Lipinski definition) is 4. The Labute approximate surface area is 216 Å². The van der Waals surface area contributed by atoms with Crippen LogP contribution in [0.25, 0.3) is 0 Å². The first-order valence-electron chi connectivity index (χ1n) is 14.7. The van der Waals surface area contributed by atoms with Gasteiger partial charge in [0.25, 0.3) is 0 Å². The van der Waals surface area contributed by atoms with E-state index >= 15 is 0 Å². The van der Waals surface area contributed by atoms with Gasteiger partial charge in [-0.15, -0.1) is 0 Å². The standard InChI is InChI=1S/C31H57NO3/c1-26(2,3)32-18-10-14-31(9,35)20-11-16-30(8)25(20)21(33)19-23-28(6)15-13-24(34)27(4,5)22(28)12-17-29(23,30)7/h20-25,32-35H,10-19H2,1-9H3/t20-,21+,22-,23+,24-,25-,28-,29+,30+,31-/m0/s1. The van der Waals surface area contributed by atoms with Crippen molar-refractivity contribution in [2.75, 3.05) is 6.54 Å². The summed E-state index contributed by atoms with van der Waals surface area (Å²) in [5.74, 6) is 1.29. The van der Waals surface area contributed by atoms with Crippen molar-refractivity contribution in [3.63, 3.8) is 0 Å². The molecule has 0 unspecified atom stereocenters. The molecule has 4 aliphatic carbocycles. The zero-order chi connectivity index (χ0) is 26.2. The Morgan fingerprint density at radius 3 is 2.09 bits per heavy atom. The molecule has 0 aromatic carbocycles. The number of nitrogens with one attached hydrogen (secondary N) is 1. The molecule has 0 bridgehead atoms. The van der Waals surface area contributed by atoms with Gasteiger partial charge < -0.3 is 20.6 Å². The van der Waals surface area contributed by atoms with E-state index in [1.807, 2.05) is 6.92 Å². The summed E-state index contributed by atoms with van der Waals surface area (Å²) in [4.78, 5) is 0. The van der Waals surface area contributed by atoms with Gasteiger partial charge in [0, 0.05) is 5.54 Å². The Kier molecular flexibility index (Phi) is 6.91. The van der Waals surface area contributed by atoms with Gasteiger partial charge >= 0.3 is 0 Å². The highest BCUT2D eigenvalue weighted by molar-refractivity contribution is 5.19. The third-order valence-electron chi connectivity index (χ3n) is 12.7. The number of aliphatic hydroxyl groups is 3. The Morgan fingerprint density at radius 2 is 1.46 bits per heavy atom. The Bertz CT molecular complexity index is 787. The number of rotatable bonds is 5. The molecule has 0 saturated heterocycles. The maximum Gasteiger partial charge on any atom is 0.0652 e. The summed E-state index contributed by atoms with van der Waals surface area (Å²) in [5, 5.41) is 38.0. The zero-order valence-corrected chi connectivity index (χ0v) is 24.4. The molecule has 0 aliphatic heterocycles. The predicted molar refractivity (Wildman–Crippen MR) is 144 cm³/mol. The van der Waals surface area contributed by atoms with Crippen molar-refractivity contribution < 1.29 is 15.3 Å². The van der Waals surface area contributed by atoms with Gasteiger partial charge in [0.2, 0.25) is 0 Å². The number of aliphatic hydroxyl groups excluding tert-OH is 2. The van der Waals surface area contributed by atoms with Crippen molar-refractivity contribution in [2.45, 2.75) is 143 Å². The largest absolute Gasteiger partial charge is 0.393 e. The predicted octanol–water partition coefficient (Wildman–Crippen LogP) is 5.92. The summed E-state index contributed by atoms with van der Waals surface area (Å²) in [6, 6.07) is 0. The molecule has 0 heterocycles. The lowest BCUT2D eigenvalue weighted by Gasteiger charge is -2.70. The molecule has 35 heavy (non-hydrogen) atoms. The fraction of sp³-hybridized carbons (Fsp3) is 1.00. The van der Waals surface area contributed by atoms with Crippen LogP contribution >= 0.6 is 0 Å². The smallest absolute Gasteiger partial charge is 0.0652 e. The monoisotopic (exact) mass is 491 g/mol. The van der Waals surface area contributed by atoms with Gasteiger partial charge in [-0.2, -0.15) is 0 Å². The van der Waals surface area contributed by atoms with Crippen LogP contribution in [-0.2, 0) is 0 Å².